The van der Waals surface area contributed by atoms with Gasteiger partial charge in [-0.2, -0.15) is 0 Å². The van der Waals surface area contributed by atoms with Gasteiger partial charge >= 0.3 is 0 Å². The van der Waals surface area contributed by atoms with E-state index in [9.17, 15) is 0 Å². The number of pyridine rings is 1. The molecule has 0 saturated heterocycles. The third-order valence-electron chi connectivity index (χ3n) is 2.09. The predicted molar refractivity (Wildman–Crippen MR) is 62.4 cm³/mol. The van der Waals surface area contributed by atoms with E-state index >= 15 is 0 Å². The van der Waals surface area contributed by atoms with Gasteiger partial charge < -0.3 is 4.40 Å². The molecule has 2 nitrogen and oxygen atoms in total. The van der Waals surface area contributed by atoms with Crippen LogP contribution in [0.15, 0.2) is 24.5 Å². The lowest BCUT2D eigenvalue weighted by atomic mass is 10.2. The zero-order valence-corrected chi connectivity index (χ0v) is 9.82. The molecular formula is C10H11IN2. The van der Waals surface area contributed by atoms with E-state index in [-0.39, 0.29) is 0 Å². The first kappa shape index (κ1) is 8.99. The molecule has 68 valence electrons. The maximum atomic E-state index is 4.28. The SMILES string of the molecule is Cc1cc(C(C)I)n2ccnc2c1. The third kappa shape index (κ3) is 1.57. The van der Waals surface area contributed by atoms with Crippen LogP contribution in [-0.2, 0) is 0 Å². The van der Waals surface area contributed by atoms with Crippen LogP contribution >= 0.6 is 22.6 Å². The number of fused-ring (bicyclic) bond motifs is 1. The summed E-state index contributed by atoms with van der Waals surface area (Å²) in [6.07, 6.45) is 3.86. The Kier molecular flexibility index (Phi) is 2.27. The van der Waals surface area contributed by atoms with Crippen LogP contribution in [0.1, 0.15) is 22.1 Å². The molecule has 0 radical (unpaired) electrons. The van der Waals surface area contributed by atoms with Crippen LogP contribution in [-0.4, -0.2) is 9.38 Å². The number of rotatable bonds is 1. The molecule has 2 aromatic heterocycles. The summed E-state index contributed by atoms with van der Waals surface area (Å²) in [7, 11) is 0. The van der Waals surface area contributed by atoms with Crippen LogP contribution in [0.4, 0.5) is 0 Å². The van der Waals surface area contributed by atoms with Crippen LogP contribution in [0.5, 0.6) is 0 Å². The number of aromatic nitrogens is 2. The monoisotopic (exact) mass is 286 g/mol. The topological polar surface area (TPSA) is 17.3 Å². The minimum atomic E-state index is 0.509. The minimum absolute atomic E-state index is 0.509. The summed E-state index contributed by atoms with van der Waals surface area (Å²) in [5.41, 5.74) is 3.63. The number of hydrogen-bond acceptors (Lipinski definition) is 1. The fourth-order valence-electron chi connectivity index (χ4n) is 1.49. The highest BCUT2D eigenvalue weighted by Crippen LogP contribution is 2.24. The van der Waals surface area contributed by atoms with E-state index in [1.54, 1.807) is 0 Å². The quantitative estimate of drug-likeness (QED) is 0.581. The third-order valence-corrected chi connectivity index (χ3v) is 2.73. The van der Waals surface area contributed by atoms with Crippen molar-refractivity contribution in [3.05, 3.63) is 35.8 Å². The Morgan fingerprint density at radius 2 is 2.23 bits per heavy atom. The molecule has 0 N–H and O–H groups in total. The number of imidazole rings is 1. The molecule has 0 fully saturated rings. The van der Waals surface area contributed by atoms with E-state index in [4.69, 9.17) is 0 Å². The van der Waals surface area contributed by atoms with Crippen LogP contribution in [0.25, 0.3) is 5.65 Å². The van der Waals surface area contributed by atoms with Gasteiger partial charge in [0.15, 0.2) is 0 Å². The Bertz CT molecular complexity index is 431. The molecule has 0 amide bonds. The Hall–Kier alpha value is -0.580. The average molecular weight is 286 g/mol. The van der Waals surface area contributed by atoms with Crippen molar-refractivity contribution >= 4 is 28.2 Å². The zero-order valence-electron chi connectivity index (χ0n) is 7.66. The van der Waals surface area contributed by atoms with Gasteiger partial charge in [-0.3, -0.25) is 0 Å². The molecule has 0 spiro atoms. The van der Waals surface area contributed by atoms with Gasteiger partial charge in [-0.1, -0.05) is 22.6 Å². The van der Waals surface area contributed by atoms with Crippen molar-refractivity contribution in [1.82, 2.24) is 9.38 Å². The molecule has 0 aliphatic rings. The summed E-state index contributed by atoms with van der Waals surface area (Å²) in [5.74, 6) is 0. The second-order valence-electron chi connectivity index (χ2n) is 3.23. The van der Waals surface area contributed by atoms with Gasteiger partial charge in [0.05, 0.1) is 0 Å². The largest absolute Gasteiger partial charge is 0.303 e. The molecule has 3 heteroatoms. The smallest absolute Gasteiger partial charge is 0.137 e. The van der Waals surface area contributed by atoms with Crippen LogP contribution in [0.2, 0.25) is 0 Å². The second kappa shape index (κ2) is 3.29. The van der Waals surface area contributed by atoms with Gasteiger partial charge in [0.25, 0.3) is 0 Å². The zero-order chi connectivity index (χ0) is 9.42. The van der Waals surface area contributed by atoms with Crippen molar-refractivity contribution in [2.75, 3.05) is 0 Å². The van der Waals surface area contributed by atoms with E-state index < -0.39 is 0 Å². The van der Waals surface area contributed by atoms with E-state index in [0.29, 0.717) is 3.92 Å². The van der Waals surface area contributed by atoms with Crippen LogP contribution in [0.3, 0.4) is 0 Å². The number of aryl methyl sites for hydroxylation is 1. The first-order valence-electron chi connectivity index (χ1n) is 4.26. The highest BCUT2D eigenvalue weighted by molar-refractivity contribution is 14.1. The van der Waals surface area contributed by atoms with Gasteiger partial charge in [0.1, 0.15) is 5.65 Å². The van der Waals surface area contributed by atoms with E-state index in [1.165, 1.54) is 11.3 Å². The minimum Gasteiger partial charge on any atom is -0.303 e. The molecule has 0 aromatic carbocycles. The van der Waals surface area contributed by atoms with E-state index in [1.807, 2.05) is 12.4 Å². The Balaban J connectivity index is 2.77. The van der Waals surface area contributed by atoms with Crippen molar-refractivity contribution in [3.63, 3.8) is 0 Å². The summed E-state index contributed by atoms with van der Waals surface area (Å²) >= 11 is 2.42. The molecule has 1 unspecified atom stereocenters. The number of alkyl halides is 1. The molecule has 2 heterocycles. The lowest BCUT2D eigenvalue weighted by molar-refractivity contribution is 0.978. The van der Waals surface area contributed by atoms with E-state index in [0.717, 1.165) is 5.65 Å². The fourth-order valence-corrected chi connectivity index (χ4v) is 1.97. The number of hydrogen-bond donors (Lipinski definition) is 0. The first-order valence-corrected chi connectivity index (χ1v) is 5.51. The fraction of sp³-hybridized carbons (Fsp3) is 0.300. The average Bonchev–Trinajstić information content (AvgIpc) is 2.49. The molecule has 1 atom stereocenters. The van der Waals surface area contributed by atoms with Crippen molar-refractivity contribution in [2.24, 2.45) is 0 Å². The molecule has 0 saturated carbocycles. The molecule has 0 aliphatic carbocycles. The van der Waals surface area contributed by atoms with Crippen molar-refractivity contribution < 1.29 is 0 Å². The molecular weight excluding hydrogens is 275 g/mol. The maximum absolute atomic E-state index is 4.28. The number of halogens is 1. The standard InChI is InChI=1S/C10H11IN2/c1-7-5-9(8(2)11)13-4-3-12-10(13)6-7/h3-6,8H,1-2H3. The lowest BCUT2D eigenvalue weighted by Crippen LogP contribution is -1.96. The Labute approximate surface area is 91.1 Å². The Morgan fingerprint density at radius 1 is 1.46 bits per heavy atom. The van der Waals surface area contributed by atoms with Gasteiger partial charge in [-0.05, 0) is 31.5 Å². The molecule has 2 rings (SSSR count). The Morgan fingerprint density at radius 3 is 2.92 bits per heavy atom. The highest BCUT2D eigenvalue weighted by Gasteiger charge is 2.06. The van der Waals surface area contributed by atoms with Gasteiger partial charge in [0.2, 0.25) is 0 Å². The highest BCUT2D eigenvalue weighted by atomic mass is 127. The summed E-state index contributed by atoms with van der Waals surface area (Å²) in [6.45, 7) is 4.30. The summed E-state index contributed by atoms with van der Waals surface area (Å²) in [6, 6.07) is 4.31. The predicted octanol–water partition coefficient (Wildman–Crippen LogP) is 3.14. The number of nitrogens with zero attached hydrogens (tertiary/aromatic N) is 2. The van der Waals surface area contributed by atoms with Gasteiger partial charge in [0, 0.05) is 22.0 Å². The van der Waals surface area contributed by atoms with Crippen molar-refractivity contribution in [2.45, 2.75) is 17.8 Å². The molecule has 13 heavy (non-hydrogen) atoms. The van der Waals surface area contributed by atoms with Gasteiger partial charge in [-0.15, -0.1) is 0 Å². The second-order valence-corrected chi connectivity index (χ2v) is 5.10. The van der Waals surface area contributed by atoms with Crippen molar-refractivity contribution in [3.8, 4) is 0 Å². The molecule has 0 bridgehead atoms. The van der Waals surface area contributed by atoms with Crippen molar-refractivity contribution in [1.29, 1.82) is 0 Å². The van der Waals surface area contributed by atoms with Crippen LogP contribution < -0.4 is 0 Å². The van der Waals surface area contributed by atoms with E-state index in [2.05, 4.69) is 58.0 Å². The normalized spacial score (nSPS) is 13.5. The molecule has 0 aliphatic heterocycles. The van der Waals surface area contributed by atoms with Crippen LogP contribution in [0, 0.1) is 6.92 Å². The summed E-state index contributed by atoms with van der Waals surface area (Å²) < 4.78 is 2.65. The van der Waals surface area contributed by atoms with Gasteiger partial charge in [-0.25, -0.2) is 4.98 Å². The summed E-state index contributed by atoms with van der Waals surface area (Å²) in [5, 5.41) is 0. The summed E-state index contributed by atoms with van der Waals surface area (Å²) in [4.78, 5) is 4.28. The first-order chi connectivity index (χ1) is 6.18. The molecule has 2 aromatic rings. The maximum Gasteiger partial charge on any atom is 0.137 e. The lowest BCUT2D eigenvalue weighted by Gasteiger charge is -2.08.